The van der Waals surface area contributed by atoms with Gasteiger partial charge in [0.1, 0.15) is 5.75 Å². The van der Waals surface area contributed by atoms with Crippen LogP contribution in [0.25, 0.3) is 11.4 Å². The zero-order chi connectivity index (χ0) is 23.1. The minimum absolute atomic E-state index is 0.0403. The average molecular weight is 456 g/mol. The van der Waals surface area contributed by atoms with Crippen molar-refractivity contribution in [3.8, 4) is 28.6 Å². The molecule has 2 N–H and O–H groups in total. The molecule has 0 atom stereocenters. The zero-order valence-electron chi connectivity index (χ0n) is 18.3. The summed E-state index contributed by atoms with van der Waals surface area (Å²) >= 11 is 1.29. The molecule has 1 amide bonds. The van der Waals surface area contributed by atoms with Crippen LogP contribution in [0.4, 0.5) is 0 Å². The lowest BCUT2D eigenvalue weighted by atomic mass is 10.1. The van der Waals surface area contributed by atoms with Gasteiger partial charge in [-0.3, -0.25) is 4.79 Å². The molecule has 3 aromatic rings. The van der Waals surface area contributed by atoms with E-state index in [0.717, 1.165) is 22.7 Å². The molecule has 0 aliphatic heterocycles. The monoisotopic (exact) mass is 455 g/mol. The number of aromatic nitrogens is 3. The van der Waals surface area contributed by atoms with Crippen molar-refractivity contribution in [1.82, 2.24) is 20.2 Å². The Balaban J connectivity index is 1.63. The van der Waals surface area contributed by atoms with Crippen molar-refractivity contribution in [1.29, 1.82) is 0 Å². The fourth-order valence-corrected chi connectivity index (χ4v) is 3.70. The molecule has 0 fully saturated rings. The van der Waals surface area contributed by atoms with E-state index in [2.05, 4.69) is 20.7 Å². The lowest BCUT2D eigenvalue weighted by molar-refractivity contribution is -0.118. The molecule has 1 heterocycles. The van der Waals surface area contributed by atoms with Crippen LogP contribution in [0.5, 0.6) is 17.2 Å². The van der Waals surface area contributed by atoms with Gasteiger partial charge >= 0.3 is 0 Å². The maximum Gasteiger partial charge on any atom is 0.250 e. The third-order valence-electron chi connectivity index (χ3n) is 4.66. The van der Waals surface area contributed by atoms with E-state index in [0.29, 0.717) is 23.2 Å². The van der Waals surface area contributed by atoms with E-state index in [1.807, 2.05) is 35.8 Å². The normalized spacial score (nSPS) is 11.3. The summed E-state index contributed by atoms with van der Waals surface area (Å²) in [7, 11) is 3.09. The van der Waals surface area contributed by atoms with Crippen LogP contribution in [-0.2, 0) is 11.3 Å². The molecule has 0 saturated carbocycles. The number of methoxy groups -OCH3 is 2. The Morgan fingerprint density at radius 1 is 1.16 bits per heavy atom. The molecule has 0 unspecified atom stereocenters. The Kier molecular flexibility index (Phi) is 7.72. The molecule has 0 aliphatic carbocycles. The van der Waals surface area contributed by atoms with Crippen molar-refractivity contribution in [3.63, 3.8) is 0 Å². The van der Waals surface area contributed by atoms with Gasteiger partial charge < -0.3 is 19.1 Å². The number of phenols is 1. The second kappa shape index (κ2) is 10.7. The summed E-state index contributed by atoms with van der Waals surface area (Å²) in [5.74, 6) is 1.74. The fourth-order valence-electron chi connectivity index (χ4n) is 2.91. The molecule has 168 valence electrons. The molecule has 2 aromatic carbocycles. The van der Waals surface area contributed by atoms with Gasteiger partial charge in [-0.15, -0.1) is 10.2 Å². The molecule has 0 saturated heterocycles. The molecule has 0 aliphatic rings. The molecular formula is C22H25N5O4S. The Morgan fingerprint density at radius 3 is 2.56 bits per heavy atom. The number of amides is 1. The van der Waals surface area contributed by atoms with Crippen LogP contribution in [0, 0.1) is 0 Å². The van der Waals surface area contributed by atoms with Gasteiger partial charge in [0.2, 0.25) is 0 Å². The third kappa shape index (κ3) is 5.38. The summed E-state index contributed by atoms with van der Waals surface area (Å²) in [6.45, 7) is 4.42. The summed E-state index contributed by atoms with van der Waals surface area (Å²) < 4.78 is 12.3. The molecule has 32 heavy (non-hydrogen) atoms. The second-order valence-electron chi connectivity index (χ2n) is 6.69. The van der Waals surface area contributed by atoms with Gasteiger partial charge in [-0.2, -0.15) is 5.10 Å². The highest BCUT2D eigenvalue weighted by Crippen LogP contribution is 2.27. The Hall–Kier alpha value is -3.53. The number of nitrogens with one attached hydrogen (secondary N) is 1. The minimum Gasteiger partial charge on any atom is -0.504 e. The Bertz CT molecular complexity index is 1110. The van der Waals surface area contributed by atoms with Gasteiger partial charge in [0.15, 0.2) is 22.5 Å². The average Bonchev–Trinajstić information content (AvgIpc) is 3.24. The van der Waals surface area contributed by atoms with Gasteiger partial charge in [0.25, 0.3) is 5.91 Å². The van der Waals surface area contributed by atoms with Crippen LogP contribution in [0.2, 0.25) is 0 Å². The number of nitrogens with zero attached hydrogens (tertiary/aromatic N) is 4. The lowest BCUT2D eigenvalue weighted by Gasteiger charge is -2.08. The van der Waals surface area contributed by atoms with Crippen molar-refractivity contribution in [2.24, 2.45) is 5.10 Å². The molecule has 0 spiro atoms. The van der Waals surface area contributed by atoms with Crippen LogP contribution in [-0.4, -0.2) is 51.5 Å². The van der Waals surface area contributed by atoms with Crippen molar-refractivity contribution < 1.29 is 19.4 Å². The number of carbonyl (C=O) groups excluding carboxylic acids is 1. The number of benzene rings is 2. The number of phenolic OH excluding ortho intramolecular Hbond substituents is 1. The highest BCUT2D eigenvalue weighted by Gasteiger charge is 2.15. The summed E-state index contributed by atoms with van der Waals surface area (Å²) in [6, 6.07) is 12.4. The van der Waals surface area contributed by atoms with E-state index in [-0.39, 0.29) is 17.4 Å². The minimum atomic E-state index is -0.267. The first kappa shape index (κ1) is 23.1. The summed E-state index contributed by atoms with van der Waals surface area (Å²) in [5, 5.41) is 23.0. The summed E-state index contributed by atoms with van der Waals surface area (Å²) in [4.78, 5) is 12.3. The molecule has 9 nitrogen and oxygen atoms in total. The van der Waals surface area contributed by atoms with Crippen LogP contribution in [0.15, 0.2) is 52.7 Å². The van der Waals surface area contributed by atoms with Crippen molar-refractivity contribution >= 4 is 23.4 Å². The van der Waals surface area contributed by atoms with E-state index < -0.39 is 0 Å². The van der Waals surface area contributed by atoms with E-state index in [1.165, 1.54) is 24.9 Å². The molecule has 3 rings (SSSR count). The standard InChI is InChI=1S/C22H25N5O4S/c1-5-27-21(15-6-9-17(30-3)10-7-15)25-26-22(27)32-13-20(29)24-23-14(2)16-8-11-18(28)19(12-16)31-4/h6-12,28H,5,13H2,1-4H3,(H,24,29)/b23-14+. The first-order valence-electron chi connectivity index (χ1n) is 9.87. The molecule has 0 bridgehead atoms. The molecule has 1 aromatic heterocycles. The number of ether oxygens (including phenoxy) is 2. The van der Waals surface area contributed by atoms with Gasteiger partial charge in [-0.05, 0) is 56.3 Å². The number of rotatable bonds is 9. The van der Waals surface area contributed by atoms with E-state index >= 15 is 0 Å². The van der Waals surface area contributed by atoms with Gasteiger partial charge in [-0.25, -0.2) is 5.43 Å². The maximum atomic E-state index is 12.3. The Labute approximate surface area is 190 Å². The first-order valence-corrected chi connectivity index (χ1v) is 10.9. The van der Waals surface area contributed by atoms with Crippen LogP contribution >= 0.6 is 11.8 Å². The predicted octanol–water partition coefficient (Wildman–Crippen LogP) is 3.32. The first-order chi connectivity index (χ1) is 15.5. The summed E-state index contributed by atoms with van der Waals surface area (Å²) in [6.07, 6.45) is 0. The highest BCUT2D eigenvalue weighted by molar-refractivity contribution is 7.99. The molecule has 10 heteroatoms. The number of thioether (sulfide) groups is 1. The third-order valence-corrected chi connectivity index (χ3v) is 5.63. The Morgan fingerprint density at radius 2 is 1.91 bits per heavy atom. The number of hydrogen-bond donors (Lipinski definition) is 2. The molecule has 0 radical (unpaired) electrons. The topological polar surface area (TPSA) is 111 Å². The van der Waals surface area contributed by atoms with Crippen LogP contribution in [0.3, 0.4) is 0 Å². The highest BCUT2D eigenvalue weighted by atomic mass is 32.2. The second-order valence-corrected chi connectivity index (χ2v) is 7.63. The zero-order valence-corrected chi connectivity index (χ0v) is 19.1. The quantitative estimate of drug-likeness (QED) is 0.289. The van der Waals surface area contributed by atoms with Crippen molar-refractivity contribution in [2.45, 2.75) is 25.5 Å². The van der Waals surface area contributed by atoms with Crippen molar-refractivity contribution in [2.75, 3.05) is 20.0 Å². The van der Waals surface area contributed by atoms with Gasteiger partial charge in [0.05, 0.1) is 25.7 Å². The molecular weight excluding hydrogens is 430 g/mol. The number of aromatic hydroxyl groups is 1. The van der Waals surface area contributed by atoms with Gasteiger partial charge in [-0.1, -0.05) is 11.8 Å². The smallest absolute Gasteiger partial charge is 0.250 e. The predicted molar refractivity (Wildman–Crippen MR) is 123 cm³/mol. The van der Waals surface area contributed by atoms with Gasteiger partial charge in [0, 0.05) is 17.7 Å². The number of hydrazone groups is 1. The van der Waals surface area contributed by atoms with E-state index in [4.69, 9.17) is 9.47 Å². The largest absolute Gasteiger partial charge is 0.504 e. The van der Waals surface area contributed by atoms with E-state index in [9.17, 15) is 9.90 Å². The maximum absolute atomic E-state index is 12.3. The SMILES string of the molecule is CCn1c(SCC(=O)N/N=C(\C)c2ccc(O)c(OC)c2)nnc1-c1ccc(OC)cc1. The van der Waals surface area contributed by atoms with Crippen LogP contribution in [0.1, 0.15) is 19.4 Å². The number of hydrogen-bond acceptors (Lipinski definition) is 8. The van der Waals surface area contributed by atoms with E-state index in [1.54, 1.807) is 26.2 Å². The lowest BCUT2D eigenvalue weighted by Crippen LogP contribution is -2.21. The van der Waals surface area contributed by atoms with Crippen LogP contribution < -0.4 is 14.9 Å². The summed E-state index contributed by atoms with van der Waals surface area (Å²) in [5.41, 5.74) is 4.77. The number of carbonyl (C=O) groups is 1. The van der Waals surface area contributed by atoms with Crippen molar-refractivity contribution in [3.05, 3.63) is 48.0 Å². The fraction of sp³-hybridized carbons (Fsp3) is 0.273.